The van der Waals surface area contributed by atoms with Crippen LogP contribution in [-0.4, -0.2) is 36.0 Å². The number of esters is 3. The molecular formula is C15H13NO8. The average Bonchev–Trinajstić information content (AvgIpc) is 2.85. The van der Waals surface area contributed by atoms with Crippen LogP contribution in [0, 0.1) is 10.1 Å². The maximum atomic E-state index is 12.1. The fourth-order valence-electron chi connectivity index (χ4n) is 2.16. The lowest BCUT2D eigenvalue weighted by atomic mass is 10.0. The van der Waals surface area contributed by atoms with Gasteiger partial charge in [-0.3, -0.25) is 10.1 Å². The minimum absolute atomic E-state index is 0.0231. The Kier molecular flexibility index (Phi) is 4.93. The van der Waals surface area contributed by atoms with Gasteiger partial charge in [0, 0.05) is 11.6 Å². The summed E-state index contributed by atoms with van der Waals surface area (Å²) in [6.45, 7) is 3.02. The number of ether oxygens (including phenoxy) is 3. The van der Waals surface area contributed by atoms with Crippen LogP contribution in [0.4, 0.5) is 5.69 Å². The monoisotopic (exact) mass is 335 g/mol. The number of benzene rings is 1. The van der Waals surface area contributed by atoms with Crippen LogP contribution in [0.25, 0.3) is 5.76 Å². The van der Waals surface area contributed by atoms with Crippen molar-refractivity contribution in [3.05, 3.63) is 45.0 Å². The molecule has 0 N–H and O–H groups in total. The molecule has 0 unspecified atom stereocenters. The van der Waals surface area contributed by atoms with E-state index < -0.39 is 39.9 Å². The molecule has 24 heavy (non-hydrogen) atoms. The molecule has 1 aromatic carbocycles. The van der Waals surface area contributed by atoms with E-state index in [1.54, 1.807) is 0 Å². The van der Waals surface area contributed by atoms with Crippen molar-refractivity contribution in [1.82, 2.24) is 0 Å². The number of rotatable bonds is 5. The zero-order chi connectivity index (χ0) is 17.9. The van der Waals surface area contributed by atoms with Crippen LogP contribution < -0.4 is 0 Å². The number of carbonyl (C=O) groups is 3. The van der Waals surface area contributed by atoms with Crippen LogP contribution >= 0.6 is 0 Å². The van der Waals surface area contributed by atoms with Gasteiger partial charge in [0.25, 0.3) is 5.69 Å². The molecule has 0 saturated carbocycles. The lowest BCUT2D eigenvalue weighted by molar-refractivity contribution is -0.385. The molecule has 1 aliphatic rings. The van der Waals surface area contributed by atoms with Crippen molar-refractivity contribution in [2.24, 2.45) is 0 Å². The smallest absolute Gasteiger partial charge is 0.351 e. The number of nitro groups is 1. The summed E-state index contributed by atoms with van der Waals surface area (Å²) in [5, 5.41) is 11.1. The quantitative estimate of drug-likeness (QED) is 0.151. The maximum absolute atomic E-state index is 12.1. The van der Waals surface area contributed by atoms with E-state index >= 15 is 0 Å². The minimum atomic E-state index is -1.04. The van der Waals surface area contributed by atoms with Crippen molar-refractivity contribution in [2.75, 3.05) is 13.2 Å². The normalized spacial score (nSPS) is 12.2. The molecule has 0 atom stereocenters. The number of cyclic esters (lactones) is 1. The van der Waals surface area contributed by atoms with Gasteiger partial charge in [-0.1, -0.05) is 6.07 Å². The van der Waals surface area contributed by atoms with Crippen molar-refractivity contribution in [2.45, 2.75) is 13.8 Å². The molecular weight excluding hydrogens is 322 g/mol. The molecule has 0 aromatic heterocycles. The molecule has 9 heteroatoms. The fraction of sp³-hybridized carbons (Fsp3) is 0.267. The standard InChI is InChI=1S/C15H13NO8/c1-3-22-13(17)11(14(18)23-4-2)12-8-6-5-7-9(16(20)21)10(8)15(19)24-12/h5-7H,3-4H2,1-2H3. The third-order valence-electron chi connectivity index (χ3n) is 3.07. The first-order valence-corrected chi connectivity index (χ1v) is 7.00. The van der Waals surface area contributed by atoms with Gasteiger partial charge in [0.05, 0.1) is 18.1 Å². The lowest BCUT2D eigenvalue weighted by Gasteiger charge is -2.09. The van der Waals surface area contributed by atoms with E-state index in [1.807, 2.05) is 0 Å². The highest BCUT2D eigenvalue weighted by Crippen LogP contribution is 2.37. The second-order valence-electron chi connectivity index (χ2n) is 4.49. The first-order chi connectivity index (χ1) is 11.4. The zero-order valence-corrected chi connectivity index (χ0v) is 12.9. The van der Waals surface area contributed by atoms with Crippen molar-refractivity contribution >= 4 is 29.4 Å². The van der Waals surface area contributed by atoms with Gasteiger partial charge in [-0.25, -0.2) is 14.4 Å². The minimum Gasteiger partial charge on any atom is -0.462 e. The summed E-state index contributed by atoms with van der Waals surface area (Å²) in [5.74, 6) is -3.52. The summed E-state index contributed by atoms with van der Waals surface area (Å²) in [7, 11) is 0. The summed E-state index contributed by atoms with van der Waals surface area (Å²) >= 11 is 0. The Morgan fingerprint density at radius 1 is 1.17 bits per heavy atom. The summed E-state index contributed by atoms with van der Waals surface area (Å²) in [6, 6.07) is 3.77. The van der Waals surface area contributed by atoms with E-state index in [-0.39, 0.29) is 24.3 Å². The van der Waals surface area contributed by atoms with E-state index in [0.717, 1.165) is 6.07 Å². The van der Waals surface area contributed by atoms with Gasteiger partial charge >= 0.3 is 17.9 Å². The van der Waals surface area contributed by atoms with Crippen molar-refractivity contribution in [1.29, 1.82) is 0 Å². The summed E-state index contributed by atoms with van der Waals surface area (Å²) in [5.41, 5.74) is -1.47. The molecule has 1 heterocycles. The molecule has 126 valence electrons. The first-order valence-electron chi connectivity index (χ1n) is 7.00. The third-order valence-corrected chi connectivity index (χ3v) is 3.07. The highest BCUT2D eigenvalue weighted by Gasteiger charge is 2.40. The molecule has 0 saturated heterocycles. The Morgan fingerprint density at radius 3 is 2.25 bits per heavy atom. The van der Waals surface area contributed by atoms with Crippen LogP contribution in [0.5, 0.6) is 0 Å². The molecule has 2 rings (SSSR count). The number of fused-ring (bicyclic) bond motifs is 1. The maximum Gasteiger partial charge on any atom is 0.351 e. The molecule has 0 bridgehead atoms. The number of nitrogens with zero attached hydrogens (tertiary/aromatic N) is 1. The molecule has 0 amide bonds. The number of hydrogen-bond acceptors (Lipinski definition) is 8. The Labute approximate surface area is 135 Å². The van der Waals surface area contributed by atoms with E-state index in [4.69, 9.17) is 14.2 Å². The van der Waals surface area contributed by atoms with E-state index in [0.29, 0.717) is 0 Å². The van der Waals surface area contributed by atoms with Gasteiger partial charge in [0.2, 0.25) is 0 Å². The second kappa shape index (κ2) is 6.90. The predicted molar refractivity (Wildman–Crippen MR) is 78.7 cm³/mol. The van der Waals surface area contributed by atoms with E-state index in [9.17, 15) is 24.5 Å². The Bertz CT molecular complexity index is 745. The fourth-order valence-corrected chi connectivity index (χ4v) is 2.16. The van der Waals surface area contributed by atoms with E-state index in [2.05, 4.69) is 0 Å². The van der Waals surface area contributed by atoms with E-state index in [1.165, 1.54) is 26.0 Å². The Balaban J connectivity index is 2.69. The van der Waals surface area contributed by atoms with Gasteiger partial charge in [0.1, 0.15) is 5.56 Å². The van der Waals surface area contributed by atoms with Crippen molar-refractivity contribution < 1.29 is 33.5 Å². The van der Waals surface area contributed by atoms with Crippen LogP contribution in [-0.2, 0) is 23.8 Å². The zero-order valence-electron chi connectivity index (χ0n) is 12.9. The SMILES string of the molecule is CCOC(=O)C(C(=O)OCC)=C1OC(=O)c2c1cccc2[N+](=O)[O-]. The molecule has 0 spiro atoms. The Hall–Kier alpha value is -3.23. The lowest BCUT2D eigenvalue weighted by Crippen LogP contribution is -2.20. The van der Waals surface area contributed by atoms with Crippen molar-refractivity contribution in [3.63, 3.8) is 0 Å². The van der Waals surface area contributed by atoms with Crippen LogP contribution in [0.15, 0.2) is 23.8 Å². The van der Waals surface area contributed by atoms with Gasteiger partial charge in [-0.15, -0.1) is 0 Å². The molecule has 1 aromatic rings. The number of nitro benzene ring substituents is 1. The largest absolute Gasteiger partial charge is 0.462 e. The molecule has 9 nitrogen and oxygen atoms in total. The van der Waals surface area contributed by atoms with Gasteiger partial charge in [0.15, 0.2) is 11.3 Å². The third kappa shape index (κ3) is 2.96. The topological polar surface area (TPSA) is 122 Å². The molecule has 0 radical (unpaired) electrons. The highest BCUT2D eigenvalue weighted by atomic mass is 16.6. The number of hydrogen-bond donors (Lipinski definition) is 0. The predicted octanol–water partition coefficient (Wildman–Crippen LogP) is 1.60. The molecule has 1 aliphatic heterocycles. The average molecular weight is 335 g/mol. The summed E-state index contributed by atoms with van der Waals surface area (Å²) < 4.78 is 14.5. The first kappa shape index (κ1) is 17.1. The van der Waals surface area contributed by atoms with Crippen molar-refractivity contribution in [3.8, 4) is 0 Å². The molecule has 0 aliphatic carbocycles. The van der Waals surface area contributed by atoms with Crippen LogP contribution in [0.3, 0.4) is 0 Å². The van der Waals surface area contributed by atoms with Gasteiger partial charge in [-0.2, -0.15) is 0 Å². The Morgan fingerprint density at radius 2 is 1.75 bits per heavy atom. The number of carbonyl (C=O) groups excluding carboxylic acids is 3. The second-order valence-corrected chi connectivity index (χ2v) is 4.49. The van der Waals surface area contributed by atoms with Crippen LogP contribution in [0.2, 0.25) is 0 Å². The summed E-state index contributed by atoms with van der Waals surface area (Å²) in [6.07, 6.45) is 0. The van der Waals surface area contributed by atoms with Gasteiger partial charge in [-0.05, 0) is 19.9 Å². The van der Waals surface area contributed by atoms with Crippen LogP contribution in [0.1, 0.15) is 29.8 Å². The summed E-state index contributed by atoms with van der Waals surface area (Å²) in [4.78, 5) is 46.5. The molecule has 0 fully saturated rings. The van der Waals surface area contributed by atoms with Gasteiger partial charge < -0.3 is 14.2 Å². The highest BCUT2D eigenvalue weighted by molar-refractivity contribution is 6.22.